The average Bonchev–Trinajstić information content (AvgIpc) is 2.94. The van der Waals surface area contributed by atoms with Crippen molar-refractivity contribution in [3.05, 3.63) is 95.0 Å². The van der Waals surface area contributed by atoms with Crippen LogP contribution in [0, 0.1) is 0 Å². The molecule has 0 saturated carbocycles. The van der Waals surface area contributed by atoms with Crippen molar-refractivity contribution in [1.29, 1.82) is 0 Å². The standard InChI is InChI=1S/C22H18ClN3O/c1-26-20(27)22(25-21(26)24,17-9-3-2-4-10-17)18-11-5-7-15(13-18)16-8-6-12-19(23)14-16/h2-14H,1H3,(H2,24,25). The van der Waals surface area contributed by atoms with Crippen molar-refractivity contribution in [1.82, 2.24) is 4.90 Å². The number of aliphatic imine (C=N–C) groups is 1. The lowest BCUT2D eigenvalue weighted by Crippen LogP contribution is -2.41. The Kier molecular flexibility index (Phi) is 4.21. The zero-order valence-electron chi connectivity index (χ0n) is 14.8. The molecule has 0 bridgehead atoms. The van der Waals surface area contributed by atoms with Crippen molar-refractivity contribution < 1.29 is 4.79 Å². The summed E-state index contributed by atoms with van der Waals surface area (Å²) in [5.41, 5.74) is 8.32. The van der Waals surface area contributed by atoms with Gasteiger partial charge >= 0.3 is 0 Å². The van der Waals surface area contributed by atoms with E-state index < -0.39 is 5.54 Å². The average molecular weight is 376 g/mol. The van der Waals surface area contributed by atoms with Crippen LogP contribution in [-0.2, 0) is 10.3 Å². The summed E-state index contributed by atoms with van der Waals surface area (Å²) >= 11 is 6.15. The van der Waals surface area contributed by atoms with Crippen LogP contribution in [0.15, 0.2) is 83.9 Å². The molecule has 134 valence electrons. The first-order chi connectivity index (χ1) is 13.0. The van der Waals surface area contributed by atoms with Gasteiger partial charge in [0.15, 0.2) is 11.5 Å². The number of guanidine groups is 1. The molecule has 4 rings (SSSR count). The molecule has 0 fully saturated rings. The molecule has 2 N–H and O–H groups in total. The fraction of sp³-hybridized carbons (Fsp3) is 0.0909. The molecule has 0 spiro atoms. The first-order valence-electron chi connectivity index (χ1n) is 8.58. The van der Waals surface area contributed by atoms with Gasteiger partial charge in [-0.2, -0.15) is 0 Å². The van der Waals surface area contributed by atoms with Crippen molar-refractivity contribution in [3.63, 3.8) is 0 Å². The highest BCUT2D eigenvalue weighted by atomic mass is 35.5. The second-order valence-corrected chi connectivity index (χ2v) is 6.94. The highest BCUT2D eigenvalue weighted by Gasteiger charge is 2.49. The van der Waals surface area contributed by atoms with Gasteiger partial charge in [-0.3, -0.25) is 9.69 Å². The maximum absolute atomic E-state index is 13.3. The van der Waals surface area contributed by atoms with E-state index in [1.807, 2.05) is 78.9 Å². The largest absolute Gasteiger partial charge is 0.369 e. The lowest BCUT2D eigenvalue weighted by molar-refractivity contribution is -0.129. The lowest BCUT2D eigenvalue weighted by atomic mass is 9.82. The van der Waals surface area contributed by atoms with Gasteiger partial charge in [-0.25, -0.2) is 4.99 Å². The molecule has 1 heterocycles. The number of hydrogen-bond donors (Lipinski definition) is 1. The molecule has 27 heavy (non-hydrogen) atoms. The summed E-state index contributed by atoms with van der Waals surface area (Å²) in [5, 5.41) is 0.662. The molecule has 0 aromatic heterocycles. The molecule has 0 aliphatic carbocycles. The molecular formula is C22H18ClN3O. The summed E-state index contributed by atoms with van der Waals surface area (Å²) < 4.78 is 0. The SMILES string of the molecule is CN1C(=O)C(c2ccccc2)(c2cccc(-c3cccc(Cl)c3)c2)N=C1N. The summed E-state index contributed by atoms with van der Waals surface area (Å²) in [5.74, 6) is 0.0338. The number of nitrogens with two attached hydrogens (primary N) is 1. The second kappa shape index (κ2) is 6.56. The van der Waals surface area contributed by atoms with E-state index in [9.17, 15) is 4.79 Å². The highest BCUT2D eigenvalue weighted by molar-refractivity contribution is 6.30. The Morgan fingerprint density at radius 2 is 1.52 bits per heavy atom. The molecule has 1 amide bonds. The van der Waals surface area contributed by atoms with Crippen LogP contribution in [0.2, 0.25) is 5.02 Å². The third-order valence-corrected chi connectivity index (χ3v) is 5.11. The minimum atomic E-state index is -1.19. The van der Waals surface area contributed by atoms with E-state index in [1.54, 1.807) is 7.05 Å². The van der Waals surface area contributed by atoms with Gasteiger partial charge in [0.1, 0.15) is 0 Å². The molecule has 1 unspecified atom stereocenters. The van der Waals surface area contributed by atoms with Crippen molar-refractivity contribution in [3.8, 4) is 11.1 Å². The summed E-state index contributed by atoms with van der Waals surface area (Å²) in [7, 11) is 1.65. The summed E-state index contributed by atoms with van der Waals surface area (Å²) in [6, 6.07) is 24.9. The van der Waals surface area contributed by atoms with Gasteiger partial charge in [0.2, 0.25) is 0 Å². The van der Waals surface area contributed by atoms with Crippen LogP contribution in [0.1, 0.15) is 11.1 Å². The number of likely N-dealkylation sites (N-methyl/N-ethyl adjacent to an activating group) is 1. The van der Waals surface area contributed by atoms with Crippen LogP contribution in [0.25, 0.3) is 11.1 Å². The highest BCUT2D eigenvalue weighted by Crippen LogP contribution is 2.40. The number of carbonyl (C=O) groups is 1. The fourth-order valence-corrected chi connectivity index (χ4v) is 3.65. The van der Waals surface area contributed by atoms with Gasteiger partial charge in [0.05, 0.1) is 0 Å². The number of hydrogen-bond acceptors (Lipinski definition) is 3. The normalized spacial score (nSPS) is 19.3. The molecule has 3 aromatic carbocycles. The van der Waals surface area contributed by atoms with Crippen LogP contribution in [0.3, 0.4) is 0 Å². The third kappa shape index (κ3) is 2.78. The number of amides is 1. The Morgan fingerprint density at radius 1 is 0.889 bits per heavy atom. The summed E-state index contributed by atoms with van der Waals surface area (Å²) in [6.45, 7) is 0. The molecule has 1 aliphatic heterocycles. The van der Waals surface area contributed by atoms with E-state index in [1.165, 1.54) is 4.90 Å². The van der Waals surface area contributed by atoms with E-state index >= 15 is 0 Å². The molecular weight excluding hydrogens is 358 g/mol. The maximum Gasteiger partial charge on any atom is 0.266 e. The van der Waals surface area contributed by atoms with Crippen LogP contribution in [0.4, 0.5) is 0 Å². The lowest BCUT2D eigenvalue weighted by Gasteiger charge is -2.26. The molecule has 5 heteroatoms. The van der Waals surface area contributed by atoms with Crippen molar-refractivity contribution >= 4 is 23.5 Å². The number of nitrogens with zero attached hydrogens (tertiary/aromatic N) is 2. The van der Waals surface area contributed by atoms with Crippen molar-refractivity contribution in [2.45, 2.75) is 5.54 Å². The molecule has 1 atom stereocenters. The smallest absolute Gasteiger partial charge is 0.266 e. The van der Waals surface area contributed by atoms with Crippen LogP contribution in [-0.4, -0.2) is 23.8 Å². The molecule has 3 aromatic rings. The maximum atomic E-state index is 13.3. The molecule has 0 radical (unpaired) electrons. The van der Waals surface area contributed by atoms with Crippen LogP contribution >= 0.6 is 11.6 Å². The van der Waals surface area contributed by atoms with E-state index in [-0.39, 0.29) is 11.9 Å². The Bertz CT molecular complexity index is 1050. The number of carbonyl (C=O) groups excluding carboxylic acids is 1. The Labute approximate surface area is 162 Å². The number of benzene rings is 3. The van der Waals surface area contributed by atoms with Gasteiger partial charge in [-0.1, -0.05) is 72.3 Å². The number of halogens is 1. The van der Waals surface area contributed by atoms with E-state index in [0.29, 0.717) is 5.02 Å². The van der Waals surface area contributed by atoms with Crippen molar-refractivity contribution in [2.75, 3.05) is 7.05 Å². The van der Waals surface area contributed by atoms with E-state index in [4.69, 9.17) is 17.3 Å². The third-order valence-electron chi connectivity index (χ3n) is 4.87. The Hall–Kier alpha value is -3.11. The monoisotopic (exact) mass is 375 g/mol. The second-order valence-electron chi connectivity index (χ2n) is 6.50. The van der Waals surface area contributed by atoms with E-state index in [0.717, 1.165) is 22.3 Å². The fourth-order valence-electron chi connectivity index (χ4n) is 3.46. The van der Waals surface area contributed by atoms with Gasteiger partial charge in [0, 0.05) is 12.1 Å². The minimum absolute atomic E-state index is 0.172. The van der Waals surface area contributed by atoms with Crippen LogP contribution < -0.4 is 5.73 Å². The Balaban J connectivity index is 1.93. The summed E-state index contributed by atoms with van der Waals surface area (Å²) in [6.07, 6.45) is 0. The zero-order chi connectivity index (χ0) is 19.0. The molecule has 0 saturated heterocycles. The van der Waals surface area contributed by atoms with E-state index in [2.05, 4.69) is 4.99 Å². The number of rotatable bonds is 3. The quantitative estimate of drug-likeness (QED) is 0.751. The van der Waals surface area contributed by atoms with Gasteiger partial charge < -0.3 is 5.73 Å². The summed E-state index contributed by atoms with van der Waals surface area (Å²) in [4.78, 5) is 19.3. The molecule has 1 aliphatic rings. The Morgan fingerprint density at radius 3 is 2.15 bits per heavy atom. The first-order valence-corrected chi connectivity index (χ1v) is 8.95. The molecule has 4 nitrogen and oxygen atoms in total. The van der Waals surface area contributed by atoms with Crippen molar-refractivity contribution in [2.24, 2.45) is 10.7 Å². The van der Waals surface area contributed by atoms with Gasteiger partial charge in [-0.15, -0.1) is 0 Å². The van der Waals surface area contributed by atoms with Gasteiger partial charge in [-0.05, 0) is 40.5 Å². The predicted octanol–water partition coefficient (Wildman–Crippen LogP) is 4.04. The topological polar surface area (TPSA) is 58.7 Å². The first kappa shape index (κ1) is 17.3. The van der Waals surface area contributed by atoms with Gasteiger partial charge in [0.25, 0.3) is 5.91 Å². The minimum Gasteiger partial charge on any atom is -0.369 e. The van der Waals surface area contributed by atoms with Crippen LogP contribution in [0.5, 0.6) is 0 Å². The zero-order valence-corrected chi connectivity index (χ0v) is 15.5. The predicted molar refractivity (Wildman–Crippen MR) is 109 cm³/mol.